The number of nitrogens with one attached hydrogen (secondary N) is 2. The first-order chi connectivity index (χ1) is 25.9. The Kier molecular flexibility index (Phi) is 11.5. The number of amides is 2. The largest absolute Gasteiger partial charge is 0.487 e. The minimum atomic E-state index is -4.78. The topological polar surface area (TPSA) is 128 Å². The number of thiazole rings is 1. The standard InChI is InChI=1S/C38H29F5N6O4S/c1-22(48-35(50)23-8-10-28(45-17-23)20-52-30-6-4-5-26(39)15-30)37-47-19-33(54-37)25-13-27(40)16-31(14-25)53-21-29-11-9-24(18-46-29)36(51)49-34(38(41,42)43)32-7-2-3-12-44-32/h2-19,22,34H,20-21H2,1H3,(H,48,50)(H,49,51). The van der Waals surface area contributed by atoms with Crippen LogP contribution in [0.3, 0.4) is 0 Å². The highest BCUT2D eigenvalue weighted by Gasteiger charge is 2.43. The minimum Gasteiger partial charge on any atom is -0.487 e. The number of rotatable bonds is 13. The molecule has 0 aliphatic heterocycles. The van der Waals surface area contributed by atoms with Gasteiger partial charge in [0.25, 0.3) is 11.8 Å². The predicted molar refractivity (Wildman–Crippen MR) is 187 cm³/mol. The van der Waals surface area contributed by atoms with Crippen LogP contribution in [0.4, 0.5) is 22.0 Å². The highest BCUT2D eigenvalue weighted by atomic mass is 32.1. The van der Waals surface area contributed by atoms with E-state index in [9.17, 15) is 31.5 Å². The Morgan fingerprint density at radius 3 is 2.00 bits per heavy atom. The third kappa shape index (κ3) is 9.77. The number of aromatic nitrogens is 4. The van der Waals surface area contributed by atoms with E-state index in [-0.39, 0.29) is 36.1 Å². The highest BCUT2D eigenvalue weighted by molar-refractivity contribution is 7.15. The van der Waals surface area contributed by atoms with E-state index in [2.05, 4.69) is 25.3 Å². The third-order valence-corrected chi connectivity index (χ3v) is 8.96. The van der Waals surface area contributed by atoms with Crippen molar-refractivity contribution in [2.45, 2.75) is 38.4 Å². The molecule has 2 N–H and O–H groups in total. The summed E-state index contributed by atoms with van der Waals surface area (Å²) in [5, 5.41) is 5.38. The predicted octanol–water partition coefficient (Wildman–Crippen LogP) is 7.96. The molecule has 16 heteroatoms. The summed E-state index contributed by atoms with van der Waals surface area (Å²) in [6.45, 7) is 1.72. The molecule has 4 heterocycles. The van der Waals surface area contributed by atoms with Crippen LogP contribution in [-0.2, 0) is 13.2 Å². The van der Waals surface area contributed by atoms with E-state index in [4.69, 9.17) is 9.47 Å². The van der Waals surface area contributed by atoms with Gasteiger partial charge in [-0.15, -0.1) is 11.3 Å². The van der Waals surface area contributed by atoms with Crippen molar-refractivity contribution in [2.75, 3.05) is 0 Å². The summed E-state index contributed by atoms with van der Waals surface area (Å²) in [7, 11) is 0. The molecule has 10 nitrogen and oxygen atoms in total. The molecule has 2 atom stereocenters. The zero-order chi connectivity index (χ0) is 38.2. The van der Waals surface area contributed by atoms with Gasteiger partial charge in [0, 0.05) is 36.9 Å². The van der Waals surface area contributed by atoms with Crippen molar-refractivity contribution in [3.05, 3.63) is 155 Å². The van der Waals surface area contributed by atoms with Gasteiger partial charge < -0.3 is 20.1 Å². The Morgan fingerprint density at radius 1 is 0.722 bits per heavy atom. The summed E-state index contributed by atoms with van der Waals surface area (Å²) in [5.74, 6) is -1.85. The zero-order valence-electron chi connectivity index (χ0n) is 28.2. The Bertz CT molecular complexity index is 2220. The number of benzene rings is 2. The maximum absolute atomic E-state index is 14.7. The van der Waals surface area contributed by atoms with Gasteiger partial charge in [-0.05, 0) is 73.2 Å². The van der Waals surface area contributed by atoms with Crippen LogP contribution in [-0.4, -0.2) is 37.9 Å². The number of pyridine rings is 3. The van der Waals surface area contributed by atoms with Crippen LogP contribution in [0.2, 0.25) is 0 Å². The summed E-state index contributed by atoms with van der Waals surface area (Å²) in [4.78, 5) is 42.6. The number of hydrogen-bond acceptors (Lipinski definition) is 9. The van der Waals surface area contributed by atoms with Gasteiger partial charge in [-0.3, -0.25) is 24.5 Å². The van der Waals surface area contributed by atoms with E-state index < -0.39 is 35.8 Å². The lowest BCUT2D eigenvalue weighted by Crippen LogP contribution is -2.38. The molecular formula is C38H29F5N6O4S. The number of nitrogens with zero attached hydrogens (tertiary/aromatic N) is 4. The van der Waals surface area contributed by atoms with Gasteiger partial charge in [0.05, 0.1) is 39.1 Å². The lowest BCUT2D eigenvalue weighted by Gasteiger charge is -2.21. The molecule has 0 saturated carbocycles. The lowest BCUT2D eigenvalue weighted by molar-refractivity contribution is -0.156. The lowest BCUT2D eigenvalue weighted by atomic mass is 10.1. The van der Waals surface area contributed by atoms with Crippen molar-refractivity contribution in [2.24, 2.45) is 0 Å². The van der Waals surface area contributed by atoms with Crippen LogP contribution >= 0.6 is 11.3 Å². The van der Waals surface area contributed by atoms with Crippen LogP contribution in [0.15, 0.2) is 110 Å². The number of ether oxygens (including phenoxy) is 2. The molecule has 0 fully saturated rings. The summed E-state index contributed by atoms with van der Waals surface area (Å²) >= 11 is 1.25. The van der Waals surface area contributed by atoms with Crippen molar-refractivity contribution < 1.29 is 41.0 Å². The van der Waals surface area contributed by atoms with E-state index in [1.165, 1.54) is 84.4 Å². The van der Waals surface area contributed by atoms with Crippen LogP contribution in [0.5, 0.6) is 11.5 Å². The van der Waals surface area contributed by atoms with Gasteiger partial charge >= 0.3 is 6.18 Å². The monoisotopic (exact) mass is 760 g/mol. The molecule has 2 amide bonds. The number of carbonyl (C=O) groups is 2. The molecule has 0 bridgehead atoms. The molecule has 2 aromatic carbocycles. The summed E-state index contributed by atoms with van der Waals surface area (Å²) < 4.78 is 80.3. The maximum Gasteiger partial charge on any atom is 0.414 e. The van der Waals surface area contributed by atoms with Crippen LogP contribution in [0.25, 0.3) is 10.4 Å². The highest BCUT2D eigenvalue weighted by Crippen LogP contribution is 2.33. The average molecular weight is 761 g/mol. The molecule has 6 aromatic rings. The van der Waals surface area contributed by atoms with Crippen molar-refractivity contribution in [1.29, 1.82) is 0 Å². The fourth-order valence-electron chi connectivity index (χ4n) is 5.00. The Hall–Kier alpha value is -6.29. The molecule has 0 radical (unpaired) electrons. The molecule has 54 heavy (non-hydrogen) atoms. The van der Waals surface area contributed by atoms with Gasteiger partial charge in [-0.25, -0.2) is 13.8 Å². The van der Waals surface area contributed by atoms with Crippen LogP contribution in [0.1, 0.15) is 61.8 Å². The molecule has 6 rings (SSSR count). The summed E-state index contributed by atoms with van der Waals surface area (Å²) in [6, 6.07) is 17.0. The Labute approximate surface area is 309 Å². The van der Waals surface area contributed by atoms with Gasteiger partial charge in [0.1, 0.15) is 41.4 Å². The summed E-state index contributed by atoms with van der Waals surface area (Å²) in [6.07, 6.45) is 0.508. The third-order valence-electron chi connectivity index (χ3n) is 7.73. The molecule has 4 aromatic heterocycles. The number of carbonyl (C=O) groups excluding carboxylic acids is 2. The van der Waals surface area contributed by atoms with Crippen molar-refractivity contribution >= 4 is 23.2 Å². The molecule has 0 aliphatic rings. The van der Waals surface area contributed by atoms with E-state index >= 15 is 0 Å². The fraction of sp³-hybridized carbons (Fsp3) is 0.158. The van der Waals surface area contributed by atoms with Crippen LogP contribution < -0.4 is 20.1 Å². The average Bonchev–Trinajstić information content (AvgIpc) is 3.66. The first-order valence-corrected chi connectivity index (χ1v) is 17.0. The second kappa shape index (κ2) is 16.6. The van der Waals surface area contributed by atoms with Crippen LogP contribution in [0, 0.1) is 11.6 Å². The number of halogens is 5. The van der Waals surface area contributed by atoms with Gasteiger partial charge in [-0.2, -0.15) is 13.2 Å². The SMILES string of the molecule is CC(NC(=O)c1ccc(COc2cccc(F)c2)nc1)c1ncc(-c2cc(F)cc(OCc3ccc(C(=O)NC(c4ccccn4)C(F)(F)F)cn3)c2)s1. The van der Waals surface area contributed by atoms with Gasteiger partial charge in [0.2, 0.25) is 0 Å². The first-order valence-electron chi connectivity index (χ1n) is 16.2. The van der Waals surface area contributed by atoms with Crippen molar-refractivity contribution in [1.82, 2.24) is 30.6 Å². The van der Waals surface area contributed by atoms with Crippen molar-refractivity contribution in [3.8, 4) is 21.9 Å². The smallest absolute Gasteiger partial charge is 0.414 e. The quantitative estimate of drug-likeness (QED) is 0.114. The van der Waals surface area contributed by atoms with E-state index in [0.717, 1.165) is 6.20 Å². The first kappa shape index (κ1) is 37.5. The second-order valence-electron chi connectivity index (χ2n) is 11.7. The van der Waals surface area contributed by atoms with Gasteiger partial charge in [-0.1, -0.05) is 12.1 Å². The molecule has 276 valence electrons. The normalized spacial score (nSPS) is 12.4. The Morgan fingerprint density at radius 2 is 1.39 bits per heavy atom. The Balaban J connectivity index is 1.03. The molecular weight excluding hydrogens is 732 g/mol. The zero-order valence-corrected chi connectivity index (χ0v) is 29.0. The molecule has 0 spiro atoms. The van der Waals surface area contributed by atoms with Gasteiger partial charge in [0.15, 0.2) is 6.04 Å². The summed E-state index contributed by atoms with van der Waals surface area (Å²) in [5.41, 5.74) is 1.19. The molecule has 0 saturated heterocycles. The van der Waals surface area contributed by atoms with Crippen molar-refractivity contribution in [3.63, 3.8) is 0 Å². The molecule has 2 unspecified atom stereocenters. The van der Waals surface area contributed by atoms with E-state index in [1.807, 2.05) is 5.32 Å². The minimum absolute atomic E-state index is 0.0894. The van der Waals surface area contributed by atoms with E-state index in [0.29, 0.717) is 38.1 Å². The number of hydrogen-bond donors (Lipinski definition) is 2. The van der Waals surface area contributed by atoms with E-state index in [1.54, 1.807) is 37.4 Å². The molecule has 0 aliphatic carbocycles. The maximum atomic E-state index is 14.7. The second-order valence-corrected chi connectivity index (χ2v) is 12.8. The number of alkyl halides is 3. The fourth-order valence-corrected chi connectivity index (χ4v) is 5.90.